The molecule has 4 heteroatoms. The third kappa shape index (κ3) is 3.42. The lowest BCUT2D eigenvalue weighted by Crippen LogP contribution is -2.30. The van der Waals surface area contributed by atoms with E-state index in [1.807, 2.05) is 0 Å². The zero-order valence-corrected chi connectivity index (χ0v) is 6.21. The summed E-state index contributed by atoms with van der Waals surface area (Å²) in [5, 5.41) is 8.43. The number of hydrogen-bond acceptors (Lipinski definition) is 3. The zero-order valence-electron chi connectivity index (χ0n) is 6.21. The first-order chi connectivity index (χ1) is 4.72. The van der Waals surface area contributed by atoms with Gasteiger partial charge in [-0.1, -0.05) is 0 Å². The molecule has 0 radical (unpaired) electrons. The Morgan fingerprint density at radius 2 is 2.30 bits per heavy atom. The van der Waals surface area contributed by atoms with Crippen LogP contribution in [0.15, 0.2) is 0 Å². The minimum Gasteiger partial charge on any atom is -0.395 e. The van der Waals surface area contributed by atoms with E-state index in [1.165, 1.54) is 4.90 Å². The van der Waals surface area contributed by atoms with Crippen molar-refractivity contribution in [2.75, 3.05) is 26.7 Å². The van der Waals surface area contributed by atoms with Crippen molar-refractivity contribution in [2.45, 2.75) is 6.42 Å². The molecular weight excluding hydrogens is 132 g/mol. The summed E-state index contributed by atoms with van der Waals surface area (Å²) >= 11 is 0. The van der Waals surface area contributed by atoms with E-state index in [1.54, 1.807) is 7.05 Å². The van der Waals surface area contributed by atoms with Crippen molar-refractivity contribution in [1.29, 1.82) is 0 Å². The molecule has 0 unspecified atom stereocenters. The average molecular weight is 146 g/mol. The first-order valence-corrected chi connectivity index (χ1v) is 3.27. The lowest BCUT2D eigenvalue weighted by Gasteiger charge is -2.14. The van der Waals surface area contributed by atoms with E-state index in [-0.39, 0.29) is 12.5 Å². The number of likely N-dealkylation sites (N-methyl/N-ethyl adjacent to an activating group) is 1. The molecule has 0 heterocycles. The molecule has 0 spiro atoms. The smallest absolute Gasteiger partial charge is 0.223 e. The number of carbonyl (C=O) groups excluding carboxylic acids is 1. The van der Waals surface area contributed by atoms with Crippen molar-refractivity contribution >= 4 is 5.91 Å². The van der Waals surface area contributed by atoms with E-state index in [0.717, 1.165) is 0 Å². The number of aliphatic hydroxyl groups is 1. The van der Waals surface area contributed by atoms with Crippen LogP contribution >= 0.6 is 0 Å². The predicted molar refractivity (Wildman–Crippen MR) is 38.4 cm³/mol. The Labute approximate surface area is 60.6 Å². The SMILES string of the molecule is CN(CCO)C(=O)CCN. The van der Waals surface area contributed by atoms with Gasteiger partial charge in [0.25, 0.3) is 0 Å². The van der Waals surface area contributed by atoms with Crippen LogP contribution in [0.3, 0.4) is 0 Å². The quantitative estimate of drug-likeness (QED) is 0.522. The Kier molecular flexibility index (Phi) is 4.88. The molecule has 10 heavy (non-hydrogen) atoms. The van der Waals surface area contributed by atoms with Gasteiger partial charge < -0.3 is 15.7 Å². The van der Waals surface area contributed by atoms with Crippen LogP contribution in [0.1, 0.15) is 6.42 Å². The second kappa shape index (κ2) is 5.20. The molecule has 3 N–H and O–H groups in total. The molecule has 0 aromatic carbocycles. The second-order valence-electron chi connectivity index (χ2n) is 2.08. The van der Waals surface area contributed by atoms with E-state index in [9.17, 15) is 4.79 Å². The maximum atomic E-state index is 10.9. The first-order valence-electron chi connectivity index (χ1n) is 3.27. The second-order valence-corrected chi connectivity index (χ2v) is 2.08. The largest absolute Gasteiger partial charge is 0.395 e. The van der Waals surface area contributed by atoms with Crippen molar-refractivity contribution in [1.82, 2.24) is 4.90 Å². The minimum atomic E-state index is -0.0171. The molecule has 0 saturated carbocycles. The molecule has 0 aromatic heterocycles. The molecule has 0 fully saturated rings. The summed E-state index contributed by atoms with van der Waals surface area (Å²) in [7, 11) is 1.65. The normalized spacial score (nSPS) is 9.50. The monoisotopic (exact) mass is 146 g/mol. The Morgan fingerprint density at radius 1 is 1.70 bits per heavy atom. The van der Waals surface area contributed by atoms with Gasteiger partial charge in [-0.2, -0.15) is 0 Å². The van der Waals surface area contributed by atoms with Crippen molar-refractivity contribution in [3.8, 4) is 0 Å². The third-order valence-corrected chi connectivity index (χ3v) is 1.22. The summed E-state index contributed by atoms with van der Waals surface area (Å²) in [4.78, 5) is 12.3. The summed E-state index contributed by atoms with van der Waals surface area (Å²) < 4.78 is 0. The van der Waals surface area contributed by atoms with Crippen LogP contribution in [-0.2, 0) is 4.79 Å². The number of nitrogens with zero attached hydrogens (tertiary/aromatic N) is 1. The molecule has 0 bridgehead atoms. The van der Waals surface area contributed by atoms with Gasteiger partial charge in [0.2, 0.25) is 5.91 Å². The van der Waals surface area contributed by atoms with Gasteiger partial charge in [0.15, 0.2) is 0 Å². The summed E-state index contributed by atoms with van der Waals surface area (Å²) in [6.45, 7) is 0.764. The van der Waals surface area contributed by atoms with Crippen LogP contribution < -0.4 is 5.73 Å². The fraction of sp³-hybridized carbons (Fsp3) is 0.833. The summed E-state index contributed by atoms with van der Waals surface area (Å²) in [6.07, 6.45) is 0.358. The van der Waals surface area contributed by atoms with Crippen LogP contribution in [0.4, 0.5) is 0 Å². The summed E-state index contributed by atoms with van der Waals surface area (Å²) in [5.74, 6) is -0.0171. The fourth-order valence-electron chi connectivity index (χ4n) is 0.589. The van der Waals surface area contributed by atoms with E-state index in [4.69, 9.17) is 10.8 Å². The van der Waals surface area contributed by atoms with Gasteiger partial charge >= 0.3 is 0 Å². The molecule has 60 valence electrons. The molecule has 1 amide bonds. The molecule has 0 aliphatic carbocycles. The molecule has 0 rings (SSSR count). The van der Waals surface area contributed by atoms with Crippen LogP contribution in [0.25, 0.3) is 0 Å². The molecule has 0 aliphatic rings. The summed E-state index contributed by atoms with van der Waals surface area (Å²) in [5.41, 5.74) is 5.15. The van der Waals surface area contributed by atoms with E-state index < -0.39 is 0 Å². The first kappa shape index (κ1) is 9.39. The number of amides is 1. The Hall–Kier alpha value is -0.610. The van der Waals surface area contributed by atoms with E-state index in [0.29, 0.717) is 19.5 Å². The Balaban J connectivity index is 3.49. The van der Waals surface area contributed by atoms with Crippen molar-refractivity contribution in [3.63, 3.8) is 0 Å². The predicted octanol–water partition coefficient (Wildman–Crippen LogP) is -1.21. The number of nitrogens with two attached hydrogens (primary N) is 1. The minimum absolute atomic E-state index is 0.00676. The van der Waals surface area contributed by atoms with Crippen LogP contribution in [-0.4, -0.2) is 42.7 Å². The zero-order chi connectivity index (χ0) is 7.98. The topological polar surface area (TPSA) is 66.6 Å². The molecular formula is C6H14N2O2. The van der Waals surface area contributed by atoms with Gasteiger partial charge in [0, 0.05) is 26.6 Å². The van der Waals surface area contributed by atoms with Crippen LogP contribution in [0.5, 0.6) is 0 Å². The number of hydrogen-bond donors (Lipinski definition) is 2. The lowest BCUT2D eigenvalue weighted by atomic mass is 10.4. The highest BCUT2D eigenvalue weighted by Crippen LogP contribution is 1.86. The lowest BCUT2D eigenvalue weighted by molar-refractivity contribution is -0.130. The van der Waals surface area contributed by atoms with Gasteiger partial charge in [-0.05, 0) is 0 Å². The van der Waals surface area contributed by atoms with Crippen molar-refractivity contribution in [2.24, 2.45) is 5.73 Å². The van der Waals surface area contributed by atoms with Crippen LogP contribution in [0, 0.1) is 0 Å². The van der Waals surface area contributed by atoms with E-state index >= 15 is 0 Å². The van der Waals surface area contributed by atoms with Crippen LogP contribution in [0.2, 0.25) is 0 Å². The highest BCUT2D eigenvalue weighted by molar-refractivity contribution is 5.75. The third-order valence-electron chi connectivity index (χ3n) is 1.22. The van der Waals surface area contributed by atoms with Gasteiger partial charge in [0.1, 0.15) is 0 Å². The number of rotatable bonds is 4. The maximum Gasteiger partial charge on any atom is 0.223 e. The van der Waals surface area contributed by atoms with Gasteiger partial charge in [-0.25, -0.2) is 0 Å². The van der Waals surface area contributed by atoms with Gasteiger partial charge in [-0.15, -0.1) is 0 Å². The average Bonchev–Trinajstić information content (AvgIpc) is 1.89. The molecule has 0 aliphatic heterocycles. The highest BCUT2D eigenvalue weighted by atomic mass is 16.3. The highest BCUT2D eigenvalue weighted by Gasteiger charge is 2.04. The summed E-state index contributed by atoms with van der Waals surface area (Å²) in [6, 6.07) is 0. The number of aliphatic hydroxyl groups excluding tert-OH is 1. The van der Waals surface area contributed by atoms with Crippen molar-refractivity contribution in [3.05, 3.63) is 0 Å². The fourth-order valence-corrected chi connectivity index (χ4v) is 0.589. The molecule has 0 saturated heterocycles. The molecule has 4 nitrogen and oxygen atoms in total. The number of carbonyl (C=O) groups is 1. The van der Waals surface area contributed by atoms with E-state index in [2.05, 4.69) is 0 Å². The maximum absolute atomic E-state index is 10.9. The van der Waals surface area contributed by atoms with Crippen molar-refractivity contribution < 1.29 is 9.90 Å². The van der Waals surface area contributed by atoms with Gasteiger partial charge in [-0.3, -0.25) is 4.79 Å². The standard InChI is InChI=1S/C6H14N2O2/c1-8(4-5-9)6(10)2-3-7/h9H,2-5,7H2,1H3. The molecule has 0 aromatic rings. The Bertz CT molecular complexity index is 106. The van der Waals surface area contributed by atoms with Gasteiger partial charge in [0.05, 0.1) is 6.61 Å². The Morgan fingerprint density at radius 3 is 2.70 bits per heavy atom. The molecule has 0 atom stereocenters.